The highest BCUT2D eigenvalue weighted by Crippen LogP contribution is 2.35. The Balaban J connectivity index is 1.84. The molecule has 1 atom stereocenters. The van der Waals surface area contributed by atoms with Crippen molar-refractivity contribution in [1.29, 1.82) is 0 Å². The molecular formula is C22H24ClN3O2. The number of hydrogen-bond donors (Lipinski definition) is 1. The Kier molecular flexibility index (Phi) is 5.13. The van der Waals surface area contributed by atoms with Gasteiger partial charge in [-0.2, -0.15) is 0 Å². The second kappa shape index (κ2) is 7.57. The molecule has 0 aliphatic carbocycles. The molecule has 28 heavy (non-hydrogen) atoms. The minimum absolute atomic E-state index is 0.0860. The quantitative estimate of drug-likeness (QED) is 0.699. The molecule has 1 aromatic carbocycles. The minimum atomic E-state index is -0.785. The fourth-order valence-corrected chi connectivity index (χ4v) is 4.57. The summed E-state index contributed by atoms with van der Waals surface area (Å²) in [7, 11) is 2.12. The lowest BCUT2D eigenvalue weighted by molar-refractivity contribution is -0.137. The number of rotatable bonds is 5. The number of carbonyl (C=O) groups is 1. The highest BCUT2D eigenvalue weighted by Gasteiger charge is 2.26. The third-order valence-corrected chi connectivity index (χ3v) is 5.97. The van der Waals surface area contributed by atoms with Crippen LogP contribution in [0, 0.1) is 6.92 Å². The van der Waals surface area contributed by atoms with E-state index in [1.54, 1.807) is 12.4 Å². The molecular weight excluding hydrogens is 374 g/mol. The van der Waals surface area contributed by atoms with E-state index in [4.69, 9.17) is 11.6 Å². The third kappa shape index (κ3) is 3.52. The van der Waals surface area contributed by atoms with E-state index in [2.05, 4.69) is 27.6 Å². The Morgan fingerprint density at radius 2 is 2.18 bits per heavy atom. The van der Waals surface area contributed by atoms with Gasteiger partial charge in [0, 0.05) is 59.6 Å². The van der Waals surface area contributed by atoms with E-state index in [9.17, 15) is 9.90 Å². The van der Waals surface area contributed by atoms with Crippen molar-refractivity contribution in [3.05, 3.63) is 64.1 Å². The number of nitrogens with zero attached hydrogens (tertiary/aromatic N) is 3. The van der Waals surface area contributed by atoms with Gasteiger partial charge in [0.05, 0.1) is 6.42 Å². The van der Waals surface area contributed by atoms with E-state index in [1.165, 1.54) is 16.6 Å². The van der Waals surface area contributed by atoms with Crippen LogP contribution in [0.3, 0.4) is 0 Å². The fourth-order valence-electron chi connectivity index (χ4n) is 4.40. The molecule has 1 N–H and O–H groups in total. The monoisotopic (exact) mass is 397 g/mol. The summed E-state index contributed by atoms with van der Waals surface area (Å²) in [6.45, 7) is 4.49. The van der Waals surface area contributed by atoms with Crippen molar-refractivity contribution in [3.63, 3.8) is 0 Å². The number of carboxylic acids is 1. The standard InChI is InChI=1S/C22H24ClN3O2/c1-14-11-24-7-5-17(14)15(9-22(27)28)12-26-20-4-3-16(23)10-19(20)18-6-8-25(2)13-21(18)26/h3-5,7,10-11,15H,6,8-9,12-13H2,1-2H3,(H,27,28). The summed E-state index contributed by atoms with van der Waals surface area (Å²) < 4.78 is 2.31. The molecule has 1 aliphatic rings. The van der Waals surface area contributed by atoms with Crippen LogP contribution in [0.15, 0.2) is 36.7 Å². The zero-order valence-electron chi connectivity index (χ0n) is 16.2. The topological polar surface area (TPSA) is 58.4 Å². The van der Waals surface area contributed by atoms with Gasteiger partial charge in [0.25, 0.3) is 0 Å². The third-order valence-electron chi connectivity index (χ3n) is 5.74. The molecule has 2 aromatic heterocycles. The fraction of sp³-hybridized carbons (Fsp3) is 0.364. The Bertz CT molecular complexity index is 1040. The molecule has 0 saturated carbocycles. The van der Waals surface area contributed by atoms with E-state index >= 15 is 0 Å². The first kappa shape index (κ1) is 19.0. The summed E-state index contributed by atoms with van der Waals surface area (Å²) in [4.78, 5) is 18.1. The summed E-state index contributed by atoms with van der Waals surface area (Å²) >= 11 is 6.29. The van der Waals surface area contributed by atoms with Crippen LogP contribution >= 0.6 is 11.6 Å². The number of halogens is 1. The van der Waals surface area contributed by atoms with Gasteiger partial charge < -0.3 is 14.6 Å². The van der Waals surface area contributed by atoms with E-state index in [0.29, 0.717) is 6.54 Å². The van der Waals surface area contributed by atoms with E-state index < -0.39 is 5.97 Å². The number of hydrogen-bond acceptors (Lipinski definition) is 3. The predicted molar refractivity (Wildman–Crippen MR) is 111 cm³/mol. The summed E-state index contributed by atoms with van der Waals surface area (Å²) in [5.74, 6) is -0.908. The first-order valence-electron chi connectivity index (χ1n) is 9.54. The number of aliphatic carboxylic acids is 1. The molecule has 4 rings (SSSR count). The number of likely N-dealkylation sites (N-methyl/N-ethyl adjacent to an activating group) is 1. The lowest BCUT2D eigenvalue weighted by Crippen LogP contribution is -2.28. The first-order chi connectivity index (χ1) is 13.4. The molecule has 5 nitrogen and oxygen atoms in total. The number of pyridine rings is 1. The van der Waals surface area contributed by atoms with Gasteiger partial charge in [0.15, 0.2) is 0 Å². The molecule has 0 saturated heterocycles. The average molecular weight is 398 g/mol. The van der Waals surface area contributed by atoms with Crippen LogP contribution in [-0.4, -0.2) is 39.1 Å². The van der Waals surface area contributed by atoms with Gasteiger partial charge >= 0.3 is 5.97 Å². The smallest absolute Gasteiger partial charge is 0.304 e. The van der Waals surface area contributed by atoms with Gasteiger partial charge in [-0.05, 0) is 61.3 Å². The van der Waals surface area contributed by atoms with E-state index in [1.807, 2.05) is 25.1 Å². The summed E-state index contributed by atoms with van der Waals surface area (Å²) in [5, 5.41) is 11.5. The predicted octanol–water partition coefficient (Wildman–Crippen LogP) is 4.24. The van der Waals surface area contributed by atoms with Gasteiger partial charge in [-0.25, -0.2) is 0 Å². The number of aryl methyl sites for hydroxylation is 1. The second-order valence-corrected chi connectivity index (χ2v) is 8.15. The highest BCUT2D eigenvalue weighted by molar-refractivity contribution is 6.31. The van der Waals surface area contributed by atoms with Crippen LogP contribution in [0.2, 0.25) is 5.02 Å². The normalized spacial score (nSPS) is 15.5. The van der Waals surface area contributed by atoms with E-state index in [-0.39, 0.29) is 12.3 Å². The van der Waals surface area contributed by atoms with Crippen LogP contribution in [0.25, 0.3) is 10.9 Å². The van der Waals surface area contributed by atoms with Gasteiger partial charge in [0.2, 0.25) is 0 Å². The lowest BCUT2D eigenvalue weighted by Gasteiger charge is -2.26. The number of benzene rings is 1. The molecule has 1 aliphatic heterocycles. The van der Waals surface area contributed by atoms with Gasteiger partial charge in [-0.3, -0.25) is 9.78 Å². The summed E-state index contributed by atoms with van der Waals surface area (Å²) in [5.41, 5.74) is 5.82. The van der Waals surface area contributed by atoms with Crippen molar-refractivity contribution in [2.75, 3.05) is 13.6 Å². The molecule has 0 fully saturated rings. The Labute approximate surface area is 169 Å². The molecule has 146 valence electrons. The van der Waals surface area contributed by atoms with Crippen LogP contribution in [-0.2, 0) is 24.3 Å². The van der Waals surface area contributed by atoms with Crippen molar-refractivity contribution < 1.29 is 9.90 Å². The zero-order valence-corrected chi connectivity index (χ0v) is 16.9. The SMILES string of the molecule is Cc1cnccc1C(CC(=O)O)Cn1c2c(c3cc(Cl)ccc31)CCN(C)C2. The summed E-state index contributed by atoms with van der Waals surface area (Å²) in [6, 6.07) is 7.97. The molecule has 0 radical (unpaired) electrons. The average Bonchev–Trinajstić information content (AvgIpc) is 2.93. The van der Waals surface area contributed by atoms with E-state index in [0.717, 1.165) is 41.2 Å². The largest absolute Gasteiger partial charge is 0.481 e. The number of carboxylic acid groups (broad SMARTS) is 1. The van der Waals surface area contributed by atoms with Crippen molar-refractivity contribution in [2.45, 2.75) is 38.8 Å². The lowest BCUT2D eigenvalue weighted by atomic mass is 9.93. The Hall–Kier alpha value is -2.37. The first-order valence-corrected chi connectivity index (χ1v) is 9.92. The van der Waals surface area contributed by atoms with Gasteiger partial charge in [-0.1, -0.05) is 11.6 Å². The Morgan fingerprint density at radius 1 is 1.36 bits per heavy atom. The number of fused-ring (bicyclic) bond motifs is 3. The van der Waals surface area contributed by atoms with Crippen LogP contribution in [0.4, 0.5) is 0 Å². The minimum Gasteiger partial charge on any atom is -0.481 e. The van der Waals surface area contributed by atoms with Crippen molar-refractivity contribution in [2.24, 2.45) is 0 Å². The van der Waals surface area contributed by atoms with Crippen molar-refractivity contribution >= 4 is 28.5 Å². The van der Waals surface area contributed by atoms with Crippen LogP contribution in [0.1, 0.15) is 34.7 Å². The van der Waals surface area contributed by atoms with Crippen LogP contribution in [0.5, 0.6) is 0 Å². The van der Waals surface area contributed by atoms with Crippen LogP contribution < -0.4 is 0 Å². The summed E-state index contributed by atoms with van der Waals surface area (Å²) in [6.07, 6.45) is 4.62. The molecule has 0 amide bonds. The molecule has 6 heteroatoms. The highest BCUT2D eigenvalue weighted by atomic mass is 35.5. The second-order valence-electron chi connectivity index (χ2n) is 7.71. The number of aromatic nitrogens is 2. The van der Waals surface area contributed by atoms with Crippen molar-refractivity contribution in [1.82, 2.24) is 14.5 Å². The van der Waals surface area contributed by atoms with Gasteiger partial charge in [-0.15, -0.1) is 0 Å². The molecule has 3 heterocycles. The molecule has 0 spiro atoms. The maximum absolute atomic E-state index is 11.6. The molecule has 1 unspecified atom stereocenters. The Morgan fingerprint density at radius 3 is 2.93 bits per heavy atom. The maximum atomic E-state index is 11.6. The van der Waals surface area contributed by atoms with Crippen molar-refractivity contribution in [3.8, 4) is 0 Å². The zero-order chi connectivity index (χ0) is 19.8. The van der Waals surface area contributed by atoms with Gasteiger partial charge in [0.1, 0.15) is 0 Å². The molecule has 3 aromatic rings. The molecule has 0 bridgehead atoms. The maximum Gasteiger partial charge on any atom is 0.304 e.